The molecule has 0 amide bonds. The van der Waals surface area contributed by atoms with Gasteiger partial charge >= 0.3 is 0 Å². The van der Waals surface area contributed by atoms with Crippen molar-refractivity contribution >= 4 is 11.6 Å². The first-order valence-corrected chi connectivity index (χ1v) is 6.41. The van der Waals surface area contributed by atoms with E-state index in [2.05, 4.69) is 39.4 Å². The highest BCUT2D eigenvalue weighted by Gasteiger charge is 2.08. The second kappa shape index (κ2) is 6.13. The molecule has 0 fully saturated rings. The quantitative estimate of drug-likeness (QED) is 0.861. The number of aromatic nitrogens is 3. The number of pyridine rings is 1. The van der Waals surface area contributed by atoms with Crippen molar-refractivity contribution in [3.05, 3.63) is 41.5 Å². The van der Waals surface area contributed by atoms with Crippen LogP contribution in [0.15, 0.2) is 24.8 Å². The Bertz CT molecular complexity index is 553. The number of hydrogen-bond acceptors (Lipinski definition) is 5. The number of aryl methyl sites for hydroxylation is 1. The standard InChI is InChI=1S/C14H19N5/c1-4-12-13(15-3)18-9-19-14(12)17-8-11-7-16-6-5-10(11)2/h5-7,9H,4,8H2,1-3H3,(H2,15,17,18,19). The minimum Gasteiger partial charge on any atom is -0.373 e. The van der Waals surface area contributed by atoms with E-state index in [9.17, 15) is 0 Å². The molecule has 0 aliphatic rings. The molecule has 2 N–H and O–H groups in total. The molecule has 0 saturated heterocycles. The van der Waals surface area contributed by atoms with Crippen molar-refractivity contribution in [2.45, 2.75) is 26.8 Å². The average molecular weight is 257 g/mol. The maximum Gasteiger partial charge on any atom is 0.134 e. The van der Waals surface area contributed by atoms with Crippen LogP contribution in [0.4, 0.5) is 11.6 Å². The average Bonchev–Trinajstić information content (AvgIpc) is 2.45. The summed E-state index contributed by atoms with van der Waals surface area (Å²) in [4.78, 5) is 12.7. The van der Waals surface area contributed by atoms with E-state index in [1.54, 1.807) is 12.5 Å². The van der Waals surface area contributed by atoms with Gasteiger partial charge in [0.25, 0.3) is 0 Å². The summed E-state index contributed by atoms with van der Waals surface area (Å²) in [5, 5.41) is 6.46. The van der Waals surface area contributed by atoms with Crippen molar-refractivity contribution in [1.29, 1.82) is 0 Å². The number of nitrogens with one attached hydrogen (secondary N) is 2. The van der Waals surface area contributed by atoms with Crippen molar-refractivity contribution in [2.75, 3.05) is 17.7 Å². The number of anilines is 2. The van der Waals surface area contributed by atoms with Crippen LogP contribution in [0.25, 0.3) is 0 Å². The maximum absolute atomic E-state index is 4.32. The Morgan fingerprint density at radius 2 is 2.00 bits per heavy atom. The minimum absolute atomic E-state index is 0.715. The van der Waals surface area contributed by atoms with Crippen molar-refractivity contribution in [3.8, 4) is 0 Å². The zero-order valence-electron chi connectivity index (χ0n) is 11.6. The Kier molecular flexibility index (Phi) is 4.28. The monoisotopic (exact) mass is 257 g/mol. The van der Waals surface area contributed by atoms with Crippen LogP contribution >= 0.6 is 0 Å². The molecule has 2 aromatic heterocycles. The summed E-state index contributed by atoms with van der Waals surface area (Å²) in [6.07, 6.45) is 6.14. The highest BCUT2D eigenvalue weighted by Crippen LogP contribution is 2.20. The van der Waals surface area contributed by atoms with Gasteiger partial charge in [-0.05, 0) is 30.5 Å². The molecule has 5 heteroatoms. The zero-order chi connectivity index (χ0) is 13.7. The van der Waals surface area contributed by atoms with E-state index in [4.69, 9.17) is 0 Å². The molecule has 2 heterocycles. The van der Waals surface area contributed by atoms with Gasteiger partial charge in [-0.3, -0.25) is 4.98 Å². The van der Waals surface area contributed by atoms with Gasteiger partial charge in [0.1, 0.15) is 18.0 Å². The molecule has 0 spiro atoms. The van der Waals surface area contributed by atoms with Crippen molar-refractivity contribution in [2.24, 2.45) is 0 Å². The highest BCUT2D eigenvalue weighted by molar-refractivity contribution is 5.57. The predicted octanol–water partition coefficient (Wildman–Crippen LogP) is 2.40. The SMILES string of the molecule is CCc1c(NC)ncnc1NCc1cnccc1C. The summed E-state index contributed by atoms with van der Waals surface area (Å²) in [5.74, 6) is 1.76. The van der Waals surface area contributed by atoms with E-state index in [1.165, 1.54) is 11.1 Å². The van der Waals surface area contributed by atoms with Crippen molar-refractivity contribution in [1.82, 2.24) is 15.0 Å². The minimum atomic E-state index is 0.715. The van der Waals surface area contributed by atoms with Crippen LogP contribution in [-0.4, -0.2) is 22.0 Å². The third-order valence-electron chi connectivity index (χ3n) is 3.13. The van der Waals surface area contributed by atoms with Gasteiger partial charge in [0.05, 0.1) is 0 Å². The molecular formula is C14H19N5. The molecule has 19 heavy (non-hydrogen) atoms. The van der Waals surface area contributed by atoms with E-state index in [1.807, 2.05) is 19.3 Å². The fourth-order valence-corrected chi connectivity index (χ4v) is 1.98. The van der Waals surface area contributed by atoms with Gasteiger partial charge in [0.15, 0.2) is 0 Å². The molecule has 100 valence electrons. The first kappa shape index (κ1) is 13.3. The summed E-state index contributed by atoms with van der Waals surface area (Å²) < 4.78 is 0. The van der Waals surface area contributed by atoms with Gasteiger partial charge in [-0.25, -0.2) is 9.97 Å². The van der Waals surface area contributed by atoms with Crippen LogP contribution in [0.1, 0.15) is 23.6 Å². The topological polar surface area (TPSA) is 62.7 Å². The van der Waals surface area contributed by atoms with E-state index < -0.39 is 0 Å². The second-order valence-electron chi connectivity index (χ2n) is 4.31. The fraction of sp³-hybridized carbons (Fsp3) is 0.357. The first-order chi connectivity index (χ1) is 9.26. The summed E-state index contributed by atoms with van der Waals surface area (Å²) in [6, 6.07) is 2.01. The van der Waals surface area contributed by atoms with Gasteiger partial charge in [-0.2, -0.15) is 0 Å². The molecule has 0 unspecified atom stereocenters. The van der Waals surface area contributed by atoms with Gasteiger partial charge in [-0.1, -0.05) is 6.92 Å². The van der Waals surface area contributed by atoms with Crippen molar-refractivity contribution in [3.63, 3.8) is 0 Å². The Morgan fingerprint density at radius 1 is 1.21 bits per heavy atom. The predicted molar refractivity (Wildman–Crippen MR) is 77.3 cm³/mol. The second-order valence-corrected chi connectivity index (χ2v) is 4.31. The maximum atomic E-state index is 4.32. The van der Waals surface area contributed by atoms with Gasteiger partial charge in [0.2, 0.25) is 0 Å². The summed E-state index contributed by atoms with van der Waals surface area (Å²) >= 11 is 0. The van der Waals surface area contributed by atoms with Crippen LogP contribution in [0, 0.1) is 6.92 Å². The van der Waals surface area contributed by atoms with E-state index in [0.29, 0.717) is 6.54 Å². The number of hydrogen-bond donors (Lipinski definition) is 2. The number of rotatable bonds is 5. The molecule has 2 rings (SSSR count). The van der Waals surface area contributed by atoms with Gasteiger partial charge < -0.3 is 10.6 Å². The molecule has 0 saturated carbocycles. The zero-order valence-corrected chi connectivity index (χ0v) is 11.6. The first-order valence-electron chi connectivity index (χ1n) is 6.41. The molecule has 2 aromatic rings. The Morgan fingerprint density at radius 3 is 2.68 bits per heavy atom. The molecule has 0 atom stereocenters. The molecule has 0 aliphatic heterocycles. The van der Waals surface area contributed by atoms with Gasteiger partial charge in [-0.15, -0.1) is 0 Å². The summed E-state index contributed by atoms with van der Waals surface area (Å²) in [6.45, 7) is 4.89. The Balaban J connectivity index is 2.18. The Hall–Kier alpha value is -2.17. The smallest absolute Gasteiger partial charge is 0.134 e. The lowest BCUT2D eigenvalue weighted by Gasteiger charge is -2.13. The third kappa shape index (κ3) is 2.99. The molecule has 0 aliphatic carbocycles. The molecule has 0 radical (unpaired) electrons. The molecular weight excluding hydrogens is 238 g/mol. The van der Waals surface area contributed by atoms with Crippen LogP contribution in [0.3, 0.4) is 0 Å². The largest absolute Gasteiger partial charge is 0.373 e. The highest BCUT2D eigenvalue weighted by atomic mass is 15.1. The molecule has 0 bridgehead atoms. The van der Waals surface area contributed by atoms with Crippen LogP contribution in [0.5, 0.6) is 0 Å². The van der Waals surface area contributed by atoms with Gasteiger partial charge in [0, 0.05) is 31.5 Å². The molecule has 5 nitrogen and oxygen atoms in total. The van der Waals surface area contributed by atoms with Crippen LogP contribution < -0.4 is 10.6 Å². The van der Waals surface area contributed by atoms with Crippen LogP contribution in [0.2, 0.25) is 0 Å². The van der Waals surface area contributed by atoms with E-state index >= 15 is 0 Å². The fourth-order valence-electron chi connectivity index (χ4n) is 1.98. The van der Waals surface area contributed by atoms with E-state index in [0.717, 1.165) is 23.6 Å². The lowest BCUT2D eigenvalue weighted by Crippen LogP contribution is -2.08. The lowest BCUT2D eigenvalue weighted by atomic mass is 10.1. The summed E-state index contributed by atoms with van der Waals surface area (Å²) in [5.41, 5.74) is 3.50. The van der Waals surface area contributed by atoms with Crippen LogP contribution in [-0.2, 0) is 13.0 Å². The number of nitrogens with zero attached hydrogens (tertiary/aromatic N) is 3. The van der Waals surface area contributed by atoms with E-state index in [-0.39, 0.29) is 0 Å². The van der Waals surface area contributed by atoms with Crippen molar-refractivity contribution < 1.29 is 0 Å². The molecule has 0 aromatic carbocycles. The third-order valence-corrected chi connectivity index (χ3v) is 3.13. The Labute approximate surface area is 113 Å². The normalized spacial score (nSPS) is 10.3. The summed E-state index contributed by atoms with van der Waals surface area (Å²) in [7, 11) is 1.87. The lowest BCUT2D eigenvalue weighted by molar-refractivity contribution is 1.00.